The third kappa shape index (κ3) is 4.07. The number of benzene rings is 2. The minimum Gasteiger partial charge on any atom is -0.495 e. The van der Waals surface area contributed by atoms with Gasteiger partial charge in [-0.25, -0.2) is 4.79 Å². The summed E-state index contributed by atoms with van der Waals surface area (Å²) in [7, 11) is 1.52. The van der Waals surface area contributed by atoms with E-state index in [2.05, 4.69) is 10.6 Å². The van der Waals surface area contributed by atoms with Crippen LogP contribution in [0.2, 0.25) is 0 Å². The summed E-state index contributed by atoms with van der Waals surface area (Å²) in [5, 5.41) is 5.43. The molecule has 0 aromatic heterocycles. The fraction of sp³-hybridized carbons (Fsp3) is 0.273. The first-order valence-corrected chi connectivity index (χ1v) is 9.94. The number of rotatable bonds is 6. The molecule has 2 aromatic carbocycles. The molecule has 160 valence electrons. The maximum atomic E-state index is 12.5. The van der Waals surface area contributed by atoms with Gasteiger partial charge in [0.1, 0.15) is 18.3 Å². The lowest BCUT2D eigenvalue weighted by Crippen LogP contribution is -2.39. The summed E-state index contributed by atoms with van der Waals surface area (Å²) in [6.07, 6.45) is 1.44. The number of para-hydroxylation sites is 2. The van der Waals surface area contributed by atoms with Gasteiger partial charge in [-0.1, -0.05) is 12.1 Å². The zero-order valence-corrected chi connectivity index (χ0v) is 17.0. The van der Waals surface area contributed by atoms with Crippen LogP contribution in [0.5, 0.6) is 5.75 Å². The van der Waals surface area contributed by atoms with E-state index >= 15 is 0 Å². The van der Waals surface area contributed by atoms with Crippen LogP contribution >= 0.6 is 0 Å². The highest BCUT2D eigenvalue weighted by Crippen LogP contribution is 2.27. The first kappa shape index (κ1) is 20.4. The minimum absolute atomic E-state index is 0.319. The van der Waals surface area contributed by atoms with Crippen molar-refractivity contribution in [3.8, 4) is 5.75 Å². The Bertz CT molecular complexity index is 1010. The molecular formula is C22H22N4O5. The Morgan fingerprint density at radius 1 is 1.06 bits per heavy atom. The molecule has 9 nitrogen and oxygen atoms in total. The van der Waals surface area contributed by atoms with E-state index in [4.69, 9.17) is 4.74 Å². The van der Waals surface area contributed by atoms with Crippen LogP contribution in [0.1, 0.15) is 23.2 Å². The molecule has 4 rings (SSSR count). The van der Waals surface area contributed by atoms with E-state index in [0.717, 1.165) is 11.3 Å². The Morgan fingerprint density at radius 2 is 1.81 bits per heavy atom. The topological polar surface area (TPSA) is 108 Å². The Hall–Kier alpha value is -3.88. The molecule has 1 atom stereocenters. The Balaban J connectivity index is 1.35. The molecule has 0 radical (unpaired) electrons. The maximum absolute atomic E-state index is 12.5. The zero-order chi connectivity index (χ0) is 22.0. The number of nitrogens with zero attached hydrogens (tertiary/aromatic N) is 2. The van der Waals surface area contributed by atoms with Gasteiger partial charge in [-0.2, -0.15) is 0 Å². The average molecular weight is 422 g/mol. The van der Waals surface area contributed by atoms with Crippen molar-refractivity contribution in [2.45, 2.75) is 18.9 Å². The van der Waals surface area contributed by atoms with Crippen molar-refractivity contribution in [2.75, 3.05) is 30.8 Å². The summed E-state index contributed by atoms with van der Waals surface area (Å²) in [5.41, 5.74) is 1.40. The third-order valence-corrected chi connectivity index (χ3v) is 5.37. The summed E-state index contributed by atoms with van der Waals surface area (Å²) in [6.45, 7) is 0.215. The van der Waals surface area contributed by atoms with Crippen LogP contribution in [-0.2, 0) is 9.59 Å². The molecule has 2 aromatic rings. The molecular weight excluding hydrogens is 400 g/mol. The number of ether oxygens (including phenoxy) is 1. The van der Waals surface area contributed by atoms with Crippen molar-refractivity contribution in [2.24, 2.45) is 0 Å². The number of hydrogen-bond donors (Lipinski definition) is 2. The van der Waals surface area contributed by atoms with Crippen molar-refractivity contribution in [1.29, 1.82) is 0 Å². The first-order valence-electron chi connectivity index (χ1n) is 9.94. The van der Waals surface area contributed by atoms with Crippen molar-refractivity contribution >= 4 is 35.1 Å². The molecule has 9 heteroatoms. The lowest BCUT2D eigenvalue weighted by Gasteiger charge is -2.15. The Morgan fingerprint density at radius 3 is 2.52 bits per heavy atom. The van der Waals surface area contributed by atoms with Gasteiger partial charge in [0, 0.05) is 17.8 Å². The van der Waals surface area contributed by atoms with E-state index in [1.54, 1.807) is 48.5 Å². The fourth-order valence-electron chi connectivity index (χ4n) is 3.82. The van der Waals surface area contributed by atoms with Crippen LogP contribution in [0, 0.1) is 0 Å². The molecule has 2 saturated heterocycles. The highest BCUT2D eigenvalue weighted by molar-refractivity contribution is 6.08. The van der Waals surface area contributed by atoms with Crippen LogP contribution in [0.4, 0.5) is 16.2 Å². The van der Waals surface area contributed by atoms with Gasteiger partial charge in [0.25, 0.3) is 11.8 Å². The molecule has 2 aliphatic rings. The summed E-state index contributed by atoms with van der Waals surface area (Å²) in [4.78, 5) is 52.0. The number of methoxy groups -OCH3 is 1. The number of carbonyl (C=O) groups is 4. The third-order valence-electron chi connectivity index (χ3n) is 5.37. The van der Waals surface area contributed by atoms with Crippen LogP contribution in [0.15, 0.2) is 48.5 Å². The van der Waals surface area contributed by atoms with Crippen molar-refractivity contribution in [1.82, 2.24) is 9.80 Å². The number of hydrogen-bond acceptors (Lipinski definition) is 5. The van der Waals surface area contributed by atoms with Crippen LogP contribution in [0.25, 0.3) is 0 Å². The Labute approximate surface area is 179 Å². The van der Waals surface area contributed by atoms with Gasteiger partial charge in [0.15, 0.2) is 0 Å². The van der Waals surface area contributed by atoms with E-state index in [0.29, 0.717) is 35.7 Å². The second kappa shape index (κ2) is 8.47. The summed E-state index contributed by atoms with van der Waals surface area (Å²) >= 11 is 0. The summed E-state index contributed by atoms with van der Waals surface area (Å²) in [6, 6.07) is 12.5. The standard InChI is InChI=1S/C22H22N4O5/c1-31-18-7-3-2-5-16(18)24-20(28)14-8-10-15(11-9-14)23-19(27)13-26-21(29)17-6-4-12-25(17)22(26)30/h2-3,5,7-11,17H,4,6,12-13H2,1H3,(H,23,27)(H,24,28). The van der Waals surface area contributed by atoms with E-state index in [9.17, 15) is 19.2 Å². The largest absolute Gasteiger partial charge is 0.495 e. The molecule has 31 heavy (non-hydrogen) atoms. The van der Waals surface area contributed by atoms with Gasteiger partial charge in [-0.05, 0) is 49.2 Å². The number of urea groups is 1. The van der Waals surface area contributed by atoms with Crippen molar-refractivity contribution < 1.29 is 23.9 Å². The second-order valence-electron chi connectivity index (χ2n) is 7.34. The molecule has 0 aliphatic carbocycles. The molecule has 0 spiro atoms. The monoisotopic (exact) mass is 422 g/mol. The van der Waals surface area contributed by atoms with Gasteiger partial charge < -0.3 is 20.3 Å². The molecule has 2 fully saturated rings. The molecule has 0 saturated carbocycles. The normalized spacial score (nSPS) is 17.5. The number of imide groups is 1. The number of nitrogens with one attached hydrogen (secondary N) is 2. The lowest BCUT2D eigenvalue weighted by molar-refractivity contribution is -0.131. The molecule has 2 aliphatic heterocycles. The number of anilines is 2. The highest BCUT2D eigenvalue weighted by Gasteiger charge is 2.47. The predicted molar refractivity (Wildman–Crippen MR) is 113 cm³/mol. The highest BCUT2D eigenvalue weighted by atomic mass is 16.5. The molecule has 5 amide bonds. The van der Waals surface area contributed by atoms with Crippen molar-refractivity contribution in [3.63, 3.8) is 0 Å². The molecule has 0 bridgehead atoms. The van der Waals surface area contributed by atoms with Crippen LogP contribution in [0.3, 0.4) is 0 Å². The number of fused-ring (bicyclic) bond motifs is 1. The van der Waals surface area contributed by atoms with Crippen molar-refractivity contribution in [3.05, 3.63) is 54.1 Å². The van der Waals surface area contributed by atoms with Gasteiger partial charge in [-0.3, -0.25) is 19.3 Å². The van der Waals surface area contributed by atoms with E-state index in [-0.39, 0.29) is 18.4 Å². The smallest absolute Gasteiger partial charge is 0.327 e. The number of carbonyl (C=O) groups excluding carboxylic acids is 4. The van der Waals surface area contributed by atoms with E-state index < -0.39 is 18.0 Å². The lowest BCUT2D eigenvalue weighted by atomic mass is 10.2. The average Bonchev–Trinajstić information content (AvgIpc) is 3.34. The van der Waals surface area contributed by atoms with Gasteiger partial charge >= 0.3 is 6.03 Å². The predicted octanol–water partition coefficient (Wildman–Crippen LogP) is 2.31. The van der Waals surface area contributed by atoms with Gasteiger partial charge in [-0.15, -0.1) is 0 Å². The van der Waals surface area contributed by atoms with Crippen LogP contribution in [-0.4, -0.2) is 59.8 Å². The zero-order valence-electron chi connectivity index (χ0n) is 17.0. The second-order valence-corrected chi connectivity index (χ2v) is 7.34. The summed E-state index contributed by atoms with van der Waals surface area (Å²) < 4.78 is 5.22. The quantitative estimate of drug-likeness (QED) is 0.695. The van der Waals surface area contributed by atoms with Gasteiger partial charge in [0.05, 0.1) is 12.8 Å². The SMILES string of the molecule is COc1ccccc1NC(=O)c1ccc(NC(=O)CN2C(=O)C3CCCN3C2=O)cc1. The van der Waals surface area contributed by atoms with Crippen LogP contribution < -0.4 is 15.4 Å². The first-order chi connectivity index (χ1) is 15.0. The number of amides is 5. The fourth-order valence-corrected chi connectivity index (χ4v) is 3.82. The maximum Gasteiger partial charge on any atom is 0.327 e. The van der Waals surface area contributed by atoms with E-state index in [1.807, 2.05) is 0 Å². The van der Waals surface area contributed by atoms with E-state index in [1.165, 1.54) is 12.0 Å². The Kier molecular flexibility index (Phi) is 5.57. The molecule has 2 N–H and O–H groups in total. The van der Waals surface area contributed by atoms with Gasteiger partial charge in [0.2, 0.25) is 5.91 Å². The summed E-state index contributed by atoms with van der Waals surface area (Å²) in [5.74, 6) is -0.572. The molecule has 1 unspecified atom stereocenters. The minimum atomic E-state index is -0.478. The molecule has 2 heterocycles.